The molecule has 2 aromatic rings. The van der Waals surface area contributed by atoms with Crippen LogP contribution in [0.5, 0.6) is 0 Å². The predicted molar refractivity (Wildman–Crippen MR) is 75.3 cm³/mol. The summed E-state index contributed by atoms with van der Waals surface area (Å²) in [5, 5.41) is 2.96. The molecule has 0 fully saturated rings. The fraction of sp³-hybridized carbons (Fsp3) is 0.143. The van der Waals surface area contributed by atoms with Crippen molar-refractivity contribution in [3.05, 3.63) is 47.2 Å². The Labute approximate surface area is 120 Å². The fourth-order valence-electron chi connectivity index (χ4n) is 1.60. The number of primary amides is 1. The first kappa shape index (κ1) is 14.1. The van der Waals surface area contributed by atoms with Gasteiger partial charge in [-0.25, -0.2) is 0 Å². The van der Waals surface area contributed by atoms with Gasteiger partial charge in [-0.3, -0.25) is 9.59 Å². The molecule has 1 unspecified atom stereocenters. The second kappa shape index (κ2) is 5.79. The van der Waals surface area contributed by atoms with Crippen molar-refractivity contribution in [2.24, 2.45) is 5.73 Å². The number of halogens is 1. The van der Waals surface area contributed by atoms with Crippen molar-refractivity contribution >= 4 is 23.4 Å². The molecule has 1 atom stereocenters. The van der Waals surface area contributed by atoms with Crippen LogP contribution in [0.15, 0.2) is 40.8 Å². The molecule has 3 N–H and O–H groups in total. The highest BCUT2D eigenvalue weighted by atomic mass is 35.5. The number of carbonyl (C=O) groups excluding carboxylic acids is 2. The van der Waals surface area contributed by atoms with Crippen LogP contribution in [0.25, 0.3) is 11.3 Å². The van der Waals surface area contributed by atoms with E-state index in [4.69, 9.17) is 21.8 Å². The Balaban J connectivity index is 2.19. The molecule has 0 aliphatic rings. The van der Waals surface area contributed by atoms with E-state index in [1.165, 1.54) is 13.0 Å². The number of benzene rings is 1. The molecular weight excluding hydrogens is 280 g/mol. The summed E-state index contributed by atoms with van der Waals surface area (Å²) >= 11 is 6.05. The third-order valence-corrected chi connectivity index (χ3v) is 3.07. The Morgan fingerprint density at radius 3 is 2.60 bits per heavy atom. The van der Waals surface area contributed by atoms with Gasteiger partial charge in [-0.1, -0.05) is 23.7 Å². The average Bonchev–Trinajstić information content (AvgIpc) is 2.88. The van der Waals surface area contributed by atoms with Crippen molar-refractivity contribution in [1.82, 2.24) is 5.32 Å². The van der Waals surface area contributed by atoms with Gasteiger partial charge in [0.25, 0.3) is 5.91 Å². The van der Waals surface area contributed by atoms with Gasteiger partial charge >= 0.3 is 0 Å². The molecule has 1 heterocycles. The molecule has 0 spiro atoms. The van der Waals surface area contributed by atoms with E-state index in [0.29, 0.717) is 16.3 Å². The topological polar surface area (TPSA) is 85.3 Å². The number of hydrogen-bond donors (Lipinski definition) is 2. The summed E-state index contributed by atoms with van der Waals surface area (Å²) < 4.78 is 5.44. The largest absolute Gasteiger partial charge is 0.451 e. The first-order chi connectivity index (χ1) is 9.49. The molecule has 0 aliphatic heterocycles. The smallest absolute Gasteiger partial charge is 0.287 e. The molecule has 0 saturated carbocycles. The van der Waals surface area contributed by atoms with Crippen molar-refractivity contribution < 1.29 is 14.0 Å². The molecule has 0 bridgehead atoms. The molecule has 1 aromatic carbocycles. The number of hydrogen-bond acceptors (Lipinski definition) is 3. The van der Waals surface area contributed by atoms with Crippen molar-refractivity contribution in [2.75, 3.05) is 0 Å². The molecule has 20 heavy (non-hydrogen) atoms. The van der Waals surface area contributed by atoms with Crippen LogP contribution >= 0.6 is 11.6 Å². The second-order valence-electron chi connectivity index (χ2n) is 4.24. The minimum atomic E-state index is -0.767. The Bertz CT molecular complexity index is 651. The summed E-state index contributed by atoms with van der Waals surface area (Å²) in [6, 6.07) is 9.53. The molecule has 0 radical (unpaired) electrons. The van der Waals surface area contributed by atoms with Gasteiger partial charge in [-0.15, -0.1) is 0 Å². The highest BCUT2D eigenvalue weighted by Gasteiger charge is 2.17. The zero-order valence-electron chi connectivity index (χ0n) is 10.7. The Hall–Kier alpha value is -2.27. The predicted octanol–water partition coefficient (Wildman–Crippen LogP) is 2.20. The normalized spacial score (nSPS) is 11.9. The summed E-state index contributed by atoms with van der Waals surface area (Å²) in [6.07, 6.45) is 0. The van der Waals surface area contributed by atoms with E-state index < -0.39 is 17.9 Å². The highest BCUT2D eigenvalue weighted by molar-refractivity contribution is 6.33. The van der Waals surface area contributed by atoms with Crippen LogP contribution in [0.4, 0.5) is 0 Å². The molecule has 2 amide bonds. The summed E-state index contributed by atoms with van der Waals surface area (Å²) in [5.41, 5.74) is 5.77. The van der Waals surface area contributed by atoms with Crippen molar-refractivity contribution in [1.29, 1.82) is 0 Å². The Kier molecular flexibility index (Phi) is 4.10. The quantitative estimate of drug-likeness (QED) is 0.906. The molecule has 6 heteroatoms. The lowest BCUT2D eigenvalue weighted by molar-refractivity contribution is -0.119. The lowest BCUT2D eigenvalue weighted by atomic mass is 10.2. The van der Waals surface area contributed by atoms with E-state index in [1.807, 2.05) is 6.07 Å². The Morgan fingerprint density at radius 2 is 1.95 bits per heavy atom. The number of amides is 2. The number of rotatable bonds is 4. The van der Waals surface area contributed by atoms with Crippen molar-refractivity contribution in [3.63, 3.8) is 0 Å². The molecule has 5 nitrogen and oxygen atoms in total. The van der Waals surface area contributed by atoms with Crippen molar-refractivity contribution in [3.8, 4) is 11.3 Å². The van der Waals surface area contributed by atoms with Gasteiger partial charge in [0.15, 0.2) is 5.76 Å². The molecule has 0 saturated heterocycles. The van der Waals surface area contributed by atoms with E-state index in [1.54, 1.807) is 24.3 Å². The van der Waals surface area contributed by atoms with Gasteiger partial charge < -0.3 is 15.5 Å². The lowest BCUT2D eigenvalue weighted by Gasteiger charge is -2.08. The zero-order chi connectivity index (χ0) is 14.7. The second-order valence-corrected chi connectivity index (χ2v) is 4.65. The van der Waals surface area contributed by atoms with Gasteiger partial charge in [-0.2, -0.15) is 0 Å². The summed E-state index contributed by atoms with van der Waals surface area (Å²) in [5.74, 6) is -0.550. The van der Waals surface area contributed by atoms with Crippen LogP contribution in [-0.4, -0.2) is 17.9 Å². The number of nitrogens with two attached hydrogens (primary N) is 1. The number of nitrogens with one attached hydrogen (secondary N) is 1. The Morgan fingerprint density at radius 1 is 1.25 bits per heavy atom. The molecular formula is C14H13ClN2O3. The van der Waals surface area contributed by atoms with Crippen molar-refractivity contribution in [2.45, 2.75) is 13.0 Å². The number of furan rings is 1. The lowest BCUT2D eigenvalue weighted by Crippen LogP contribution is -2.42. The van der Waals surface area contributed by atoms with E-state index >= 15 is 0 Å². The maximum absolute atomic E-state index is 11.8. The minimum absolute atomic E-state index is 0.0908. The van der Waals surface area contributed by atoms with E-state index in [0.717, 1.165) is 0 Å². The first-order valence-corrected chi connectivity index (χ1v) is 6.31. The van der Waals surface area contributed by atoms with E-state index in [-0.39, 0.29) is 5.76 Å². The average molecular weight is 293 g/mol. The molecule has 2 rings (SSSR count). The van der Waals surface area contributed by atoms with E-state index in [9.17, 15) is 9.59 Å². The maximum atomic E-state index is 11.8. The van der Waals surface area contributed by atoms with Crippen LogP contribution in [0.3, 0.4) is 0 Å². The van der Waals surface area contributed by atoms with Gasteiger partial charge in [-0.05, 0) is 31.2 Å². The molecule has 1 aromatic heterocycles. The third kappa shape index (κ3) is 3.00. The van der Waals surface area contributed by atoms with Gasteiger partial charge in [0, 0.05) is 5.56 Å². The van der Waals surface area contributed by atoms with Crippen LogP contribution in [0.2, 0.25) is 5.02 Å². The summed E-state index contributed by atoms with van der Waals surface area (Å²) in [6.45, 7) is 1.50. The highest BCUT2D eigenvalue weighted by Crippen LogP contribution is 2.28. The third-order valence-electron chi connectivity index (χ3n) is 2.74. The van der Waals surface area contributed by atoms with Crippen LogP contribution in [-0.2, 0) is 4.79 Å². The maximum Gasteiger partial charge on any atom is 0.287 e. The van der Waals surface area contributed by atoms with Gasteiger partial charge in [0.1, 0.15) is 11.8 Å². The van der Waals surface area contributed by atoms with Gasteiger partial charge in [0.05, 0.1) is 5.02 Å². The van der Waals surface area contributed by atoms with Gasteiger partial charge in [0.2, 0.25) is 5.91 Å². The fourth-order valence-corrected chi connectivity index (χ4v) is 1.83. The summed E-state index contributed by atoms with van der Waals surface area (Å²) in [4.78, 5) is 22.7. The summed E-state index contributed by atoms with van der Waals surface area (Å²) in [7, 11) is 0. The molecule has 104 valence electrons. The minimum Gasteiger partial charge on any atom is -0.451 e. The number of carbonyl (C=O) groups is 2. The SMILES string of the molecule is CC(NC(=O)c1ccc(-c2ccccc2Cl)o1)C(N)=O. The molecule has 0 aliphatic carbocycles. The zero-order valence-corrected chi connectivity index (χ0v) is 11.5. The van der Waals surface area contributed by atoms with Crippen LogP contribution in [0.1, 0.15) is 17.5 Å². The van der Waals surface area contributed by atoms with Crippen LogP contribution in [0, 0.1) is 0 Å². The van der Waals surface area contributed by atoms with Crippen LogP contribution < -0.4 is 11.1 Å². The van der Waals surface area contributed by atoms with E-state index in [2.05, 4.69) is 5.32 Å². The standard InChI is InChI=1S/C14H13ClN2O3/c1-8(13(16)18)17-14(19)12-7-6-11(20-12)9-4-2-3-5-10(9)15/h2-8H,1H3,(H2,16,18)(H,17,19). The first-order valence-electron chi connectivity index (χ1n) is 5.94. The monoisotopic (exact) mass is 292 g/mol.